The van der Waals surface area contributed by atoms with Gasteiger partial charge in [-0.05, 0) is 44.5 Å². The average molecular weight is 258 g/mol. The molecule has 1 atom stereocenters. The Labute approximate surface area is 114 Å². The molecule has 2 aromatic rings. The van der Waals surface area contributed by atoms with Crippen LogP contribution in [0.2, 0.25) is 0 Å². The first-order valence-corrected chi connectivity index (χ1v) is 6.91. The van der Waals surface area contributed by atoms with Crippen LogP contribution in [0.3, 0.4) is 0 Å². The van der Waals surface area contributed by atoms with Crippen molar-refractivity contribution in [3.63, 3.8) is 0 Å². The quantitative estimate of drug-likeness (QED) is 0.865. The van der Waals surface area contributed by atoms with E-state index in [0.29, 0.717) is 0 Å². The molecule has 19 heavy (non-hydrogen) atoms. The molecular formula is C15H22N4. The van der Waals surface area contributed by atoms with E-state index in [1.165, 1.54) is 11.3 Å². The van der Waals surface area contributed by atoms with Gasteiger partial charge in [0.25, 0.3) is 0 Å². The zero-order valence-corrected chi connectivity index (χ0v) is 11.9. The van der Waals surface area contributed by atoms with Gasteiger partial charge in [-0.2, -0.15) is 5.10 Å². The number of likely N-dealkylation sites (N-methyl/N-ethyl adjacent to an activating group) is 1. The van der Waals surface area contributed by atoms with Gasteiger partial charge in [0, 0.05) is 18.9 Å². The van der Waals surface area contributed by atoms with Crippen molar-refractivity contribution in [1.82, 2.24) is 20.1 Å². The summed E-state index contributed by atoms with van der Waals surface area (Å²) in [5.41, 5.74) is 3.58. The number of pyridine rings is 1. The first-order chi connectivity index (χ1) is 9.24. The molecule has 0 spiro atoms. The number of nitrogens with zero attached hydrogens (tertiary/aromatic N) is 3. The second-order valence-corrected chi connectivity index (χ2v) is 4.70. The fraction of sp³-hybridized carbons (Fsp3) is 0.467. The normalized spacial score (nSPS) is 12.6. The van der Waals surface area contributed by atoms with Crippen molar-refractivity contribution in [2.75, 3.05) is 6.54 Å². The molecule has 2 rings (SSSR count). The molecule has 4 heteroatoms. The summed E-state index contributed by atoms with van der Waals surface area (Å²) < 4.78 is 2.08. The molecule has 0 aliphatic heterocycles. The Morgan fingerprint density at radius 3 is 2.84 bits per heavy atom. The zero-order valence-electron chi connectivity index (χ0n) is 11.9. The number of hydrogen-bond donors (Lipinski definition) is 1. The van der Waals surface area contributed by atoms with Crippen LogP contribution in [-0.2, 0) is 13.0 Å². The van der Waals surface area contributed by atoms with Gasteiger partial charge >= 0.3 is 0 Å². The molecule has 0 aromatic carbocycles. The van der Waals surface area contributed by atoms with Crippen LogP contribution in [0, 0.1) is 6.92 Å². The van der Waals surface area contributed by atoms with E-state index in [1.807, 2.05) is 25.4 Å². The van der Waals surface area contributed by atoms with Gasteiger partial charge in [-0.15, -0.1) is 0 Å². The highest BCUT2D eigenvalue weighted by Gasteiger charge is 2.16. The molecule has 0 amide bonds. The predicted molar refractivity (Wildman–Crippen MR) is 77.0 cm³/mol. The van der Waals surface area contributed by atoms with Crippen LogP contribution in [0.25, 0.3) is 0 Å². The molecule has 102 valence electrons. The fourth-order valence-corrected chi connectivity index (χ4v) is 2.38. The molecule has 2 heterocycles. The Kier molecular flexibility index (Phi) is 4.68. The van der Waals surface area contributed by atoms with Gasteiger partial charge in [0.15, 0.2) is 0 Å². The Balaban J connectivity index is 2.24. The summed E-state index contributed by atoms with van der Waals surface area (Å²) in [6.07, 6.45) is 4.68. The van der Waals surface area contributed by atoms with Crippen LogP contribution in [-0.4, -0.2) is 21.3 Å². The van der Waals surface area contributed by atoms with Gasteiger partial charge in [0.2, 0.25) is 0 Å². The minimum absolute atomic E-state index is 0.287. The van der Waals surface area contributed by atoms with Crippen LogP contribution >= 0.6 is 0 Å². The van der Waals surface area contributed by atoms with Gasteiger partial charge in [-0.1, -0.05) is 13.0 Å². The van der Waals surface area contributed by atoms with Crippen molar-refractivity contribution < 1.29 is 0 Å². The maximum Gasteiger partial charge on any atom is 0.0597 e. The molecule has 1 N–H and O–H groups in total. The van der Waals surface area contributed by atoms with E-state index in [4.69, 9.17) is 0 Å². The summed E-state index contributed by atoms with van der Waals surface area (Å²) in [7, 11) is 0. The average Bonchev–Trinajstić information content (AvgIpc) is 2.80. The van der Waals surface area contributed by atoms with Gasteiger partial charge in [0.1, 0.15) is 0 Å². The standard InChI is InChI=1S/C15H22N4/c1-4-17-14(10-13-7-6-8-16-11-13)15-9-12(3)18-19(15)5-2/h6-9,11,14,17H,4-5,10H2,1-3H3. The number of aromatic nitrogens is 3. The van der Waals surface area contributed by atoms with Crippen LogP contribution in [0.4, 0.5) is 0 Å². The molecule has 0 fully saturated rings. The summed E-state index contributed by atoms with van der Waals surface area (Å²) in [5.74, 6) is 0. The maximum absolute atomic E-state index is 4.53. The third-order valence-electron chi connectivity index (χ3n) is 3.20. The summed E-state index contributed by atoms with van der Waals surface area (Å²) in [6, 6.07) is 6.57. The number of hydrogen-bond acceptors (Lipinski definition) is 3. The molecule has 1 unspecified atom stereocenters. The minimum atomic E-state index is 0.287. The van der Waals surface area contributed by atoms with E-state index in [2.05, 4.69) is 46.1 Å². The molecule has 0 saturated heterocycles. The predicted octanol–water partition coefficient (Wildman–Crippen LogP) is 2.50. The Bertz CT molecular complexity index is 504. The highest BCUT2D eigenvalue weighted by atomic mass is 15.3. The lowest BCUT2D eigenvalue weighted by atomic mass is 10.0. The monoisotopic (exact) mass is 258 g/mol. The van der Waals surface area contributed by atoms with Gasteiger partial charge in [-0.3, -0.25) is 9.67 Å². The Morgan fingerprint density at radius 1 is 1.37 bits per heavy atom. The number of rotatable bonds is 6. The zero-order chi connectivity index (χ0) is 13.7. The largest absolute Gasteiger partial charge is 0.309 e. The lowest BCUT2D eigenvalue weighted by Crippen LogP contribution is -2.25. The molecule has 0 aliphatic carbocycles. The highest BCUT2D eigenvalue weighted by molar-refractivity contribution is 5.18. The van der Waals surface area contributed by atoms with E-state index in [0.717, 1.165) is 25.2 Å². The molecular weight excluding hydrogens is 236 g/mol. The smallest absolute Gasteiger partial charge is 0.0597 e. The van der Waals surface area contributed by atoms with E-state index < -0.39 is 0 Å². The second kappa shape index (κ2) is 6.48. The van der Waals surface area contributed by atoms with Crippen molar-refractivity contribution >= 4 is 0 Å². The minimum Gasteiger partial charge on any atom is -0.309 e. The maximum atomic E-state index is 4.53. The van der Waals surface area contributed by atoms with Crippen LogP contribution < -0.4 is 5.32 Å². The summed E-state index contributed by atoms with van der Waals surface area (Å²) in [4.78, 5) is 4.19. The van der Waals surface area contributed by atoms with Crippen molar-refractivity contribution in [1.29, 1.82) is 0 Å². The van der Waals surface area contributed by atoms with E-state index in [-0.39, 0.29) is 6.04 Å². The molecule has 0 bridgehead atoms. The summed E-state index contributed by atoms with van der Waals surface area (Å²) in [5, 5.41) is 8.08. The molecule has 0 saturated carbocycles. The van der Waals surface area contributed by atoms with Crippen LogP contribution in [0.15, 0.2) is 30.6 Å². The van der Waals surface area contributed by atoms with E-state index in [1.54, 1.807) is 0 Å². The lowest BCUT2D eigenvalue weighted by molar-refractivity contribution is 0.489. The molecule has 0 aliphatic rings. The SMILES string of the molecule is CCNC(Cc1cccnc1)c1cc(C)nn1CC. The topological polar surface area (TPSA) is 42.7 Å². The highest BCUT2D eigenvalue weighted by Crippen LogP contribution is 2.19. The molecule has 4 nitrogen and oxygen atoms in total. The number of aryl methyl sites for hydroxylation is 2. The Morgan fingerprint density at radius 2 is 2.21 bits per heavy atom. The van der Waals surface area contributed by atoms with Crippen molar-refractivity contribution in [2.45, 2.75) is 39.8 Å². The fourth-order valence-electron chi connectivity index (χ4n) is 2.38. The van der Waals surface area contributed by atoms with E-state index >= 15 is 0 Å². The van der Waals surface area contributed by atoms with E-state index in [9.17, 15) is 0 Å². The molecule has 0 radical (unpaired) electrons. The van der Waals surface area contributed by atoms with Crippen molar-refractivity contribution in [3.05, 3.63) is 47.5 Å². The van der Waals surface area contributed by atoms with Gasteiger partial charge in [-0.25, -0.2) is 0 Å². The third-order valence-corrected chi connectivity index (χ3v) is 3.20. The Hall–Kier alpha value is -1.68. The van der Waals surface area contributed by atoms with Crippen LogP contribution in [0.1, 0.15) is 36.8 Å². The second-order valence-electron chi connectivity index (χ2n) is 4.70. The van der Waals surface area contributed by atoms with Crippen molar-refractivity contribution in [2.24, 2.45) is 0 Å². The lowest BCUT2D eigenvalue weighted by Gasteiger charge is -2.19. The third kappa shape index (κ3) is 3.41. The summed E-state index contributed by atoms with van der Waals surface area (Å²) >= 11 is 0. The molecule has 2 aromatic heterocycles. The first-order valence-electron chi connectivity index (χ1n) is 6.91. The van der Waals surface area contributed by atoms with Crippen LogP contribution in [0.5, 0.6) is 0 Å². The van der Waals surface area contributed by atoms with Gasteiger partial charge in [0.05, 0.1) is 17.4 Å². The first kappa shape index (κ1) is 13.7. The van der Waals surface area contributed by atoms with Crippen molar-refractivity contribution in [3.8, 4) is 0 Å². The number of nitrogens with one attached hydrogen (secondary N) is 1. The summed E-state index contributed by atoms with van der Waals surface area (Å²) in [6.45, 7) is 8.15. The van der Waals surface area contributed by atoms with Gasteiger partial charge < -0.3 is 5.32 Å².